The standard InChI is InChI=1S/C15H17ClN2O/c1-15(2)6-3-4-10(15)13(19)9-8-18-14-12(9)11(16)5-7-17-14/h5,7-8,10H,3-4,6H2,1-2H3,(H,17,18). The lowest BCUT2D eigenvalue weighted by Crippen LogP contribution is -2.25. The van der Waals surface area contributed by atoms with E-state index in [1.165, 1.54) is 0 Å². The Morgan fingerprint density at radius 3 is 3.00 bits per heavy atom. The van der Waals surface area contributed by atoms with Crippen LogP contribution in [0.4, 0.5) is 0 Å². The van der Waals surface area contributed by atoms with E-state index in [-0.39, 0.29) is 17.1 Å². The normalized spacial score (nSPS) is 21.9. The van der Waals surface area contributed by atoms with Crippen LogP contribution in [0.5, 0.6) is 0 Å². The summed E-state index contributed by atoms with van der Waals surface area (Å²) in [5, 5.41) is 1.35. The molecule has 0 aromatic carbocycles. The number of nitrogens with zero attached hydrogens (tertiary/aromatic N) is 1. The number of Topliss-reactive ketones (excluding diaryl/α,β-unsaturated/α-hetero) is 1. The van der Waals surface area contributed by atoms with Gasteiger partial charge in [0, 0.05) is 29.3 Å². The number of hydrogen-bond acceptors (Lipinski definition) is 2. The molecule has 1 aliphatic rings. The van der Waals surface area contributed by atoms with E-state index in [1.807, 2.05) is 0 Å². The van der Waals surface area contributed by atoms with Crippen LogP contribution >= 0.6 is 11.6 Å². The molecular formula is C15H17ClN2O. The van der Waals surface area contributed by atoms with Gasteiger partial charge in [-0.3, -0.25) is 4.79 Å². The van der Waals surface area contributed by atoms with Gasteiger partial charge in [-0.25, -0.2) is 4.98 Å². The van der Waals surface area contributed by atoms with E-state index < -0.39 is 0 Å². The van der Waals surface area contributed by atoms with E-state index in [2.05, 4.69) is 23.8 Å². The van der Waals surface area contributed by atoms with Gasteiger partial charge in [0.1, 0.15) is 5.65 Å². The number of nitrogens with one attached hydrogen (secondary N) is 1. The Hall–Kier alpha value is -1.35. The maximum atomic E-state index is 12.8. The predicted molar refractivity (Wildman–Crippen MR) is 76.6 cm³/mol. The Labute approximate surface area is 117 Å². The van der Waals surface area contributed by atoms with E-state index in [4.69, 9.17) is 11.6 Å². The van der Waals surface area contributed by atoms with E-state index in [9.17, 15) is 4.79 Å². The van der Waals surface area contributed by atoms with Crippen molar-refractivity contribution in [2.45, 2.75) is 33.1 Å². The second-order valence-electron chi connectivity index (χ2n) is 6.02. The first kappa shape index (κ1) is 12.7. The topological polar surface area (TPSA) is 45.8 Å². The minimum Gasteiger partial charge on any atom is -0.345 e. The number of aromatic amines is 1. The minimum atomic E-state index is 0.0787. The highest BCUT2D eigenvalue weighted by atomic mass is 35.5. The Bertz CT molecular complexity index is 645. The summed E-state index contributed by atoms with van der Waals surface area (Å²) in [5.41, 5.74) is 1.45. The highest BCUT2D eigenvalue weighted by Crippen LogP contribution is 2.45. The number of H-pyrrole nitrogens is 1. The van der Waals surface area contributed by atoms with Gasteiger partial charge >= 0.3 is 0 Å². The second-order valence-corrected chi connectivity index (χ2v) is 6.42. The fraction of sp³-hybridized carbons (Fsp3) is 0.467. The van der Waals surface area contributed by atoms with Crippen LogP contribution in [0.3, 0.4) is 0 Å². The minimum absolute atomic E-state index is 0.0787. The van der Waals surface area contributed by atoms with Crippen LogP contribution in [0.15, 0.2) is 18.5 Å². The van der Waals surface area contributed by atoms with Gasteiger partial charge in [0.2, 0.25) is 0 Å². The van der Waals surface area contributed by atoms with Gasteiger partial charge in [-0.05, 0) is 24.3 Å². The van der Waals surface area contributed by atoms with Crippen molar-refractivity contribution < 1.29 is 4.79 Å². The van der Waals surface area contributed by atoms with Crippen LogP contribution < -0.4 is 0 Å². The van der Waals surface area contributed by atoms with Crippen molar-refractivity contribution in [2.24, 2.45) is 11.3 Å². The van der Waals surface area contributed by atoms with Gasteiger partial charge in [-0.1, -0.05) is 31.9 Å². The van der Waals surface area contributed by atoms with Crippen molar-refractivity contribution in [3.8, 4) is 0 Å². The Morgan fingerprint density at radius 2 is 2.32 bits per heavy atom. The molecule has 1 saturated carbocycles. The number of carbonyl (C=O) groups is 1. The van der Waals surface area contributed by atoms with Crippen LogP contribution in [0.1, 0.15) is 43.5 Å². The first-order valence-electron chi connectivity index (χ1n) is 6.66. The van der Waals surface area contributed by atoms with Gasteiger partial charge < -0.3 is 4.98 Å². The molecule has 0 spiro atoms. The van der Waals surface area contributed by atoms with Crippen molar-refractivity contribution in [1.82, 2.24) is 9.97 Å². The number of halogens is 1. The molecule has 2 aromatic rings. The summed E-state index contributed by atoms with van der Waals surface area (Å²) in [6.07, 6.45) is 6.60. The summed E-state index contributed by atoms with van der Waals surface area (Å²) in [4.78, 5) is 20.0. The molecular weight excluding hydrogens is 260 g/mol. The van der Waals surface area contributed by atoms with Crippen molar-refractivity contribution >= 4 is 28.4 Å². The van der Waals surface area contributed by atoms with Crippen molar-refractivity contribution in [2.75, 3.05) is 0 Å². The van der Waals surface area contributed by atoms with Crippen molar-refractivity contribution in [1.29, 1.82) is 0 Å². The molecule has 1 aliphatic carbocycles. The van der Waals surface area contributed by atoms with E-state index in [0.717, 1.165) is 24.6 Å². The van der Waals surface area contributed by atoms with Crippen LogP contribution in [-0.2, 0) is 0 Å². The van der Waals surface area contributed by atoms with Crippen LogP contribution in [-0.4, -0.2) is 15.8 Å². The maximum absolute atomic E-state index is 12.8. The fourth-order valence-electron chi connectivity index (χ4n) is 3.21. The number of aromatic nitrogens is 2. The van der Waals surface area contributed by atoms with E-state index >= 15 is 0 Å². The molecule has 19 heavy (non-hydrogen) atoms. The molecule has 3 nitrogen and oxygen atoms in total. The van der Waals surface area contributed by atoms with Gasteiger partial charge in [-0.2, -0.15) is 0 Å². The van der Waals surface area contributed by atoms with E-state index in [0.29, 0.717) is 16.2 Å². The lowest BCUT2D eigenvalue weighted by molar-refractivity contribution is 0.0841. The lowest BCUT2D eigenvalue weighted by atomic mass is 9.78. The molecule has 1 unspecified atom stereocenters. The first-order valence-corrected chi connectivity index (χ1v) is 7.04. The molecule has 0 bridgehead atoms. The smallest absolute Gasteiger partial charge is 0.168 e. The molecule has 4 heteroatoms. The monoisotopic (exact) mass is 276 g/mol. The quantitative estimate of drug-likeness (QED) is 0.835. The molecule has 0 saturated heterocycles. The number of hydrogen-bond donors (Lipinski definition) is 1. The highest BCUT2D eigenvalue weighted by molar-refractivity contribution is 6.36. The summed E-state index contributed by atoms with van der Waals surface area (Å²) >= 11 is 6.21. The third kappa shape index (κ3) is 1.96. The molecule has 2 heterocycles. The van der Waals surface area contributed by atoms with Gasteiger partial charge in [0.15, 0.2) is 5.78 Å². The van der Waals surface area contributed by atoms with Crippen molar-refractivity contribution in [3.05, 3.63) is 29.0 Å². The molecule has 2 aromatic heterocycles. The van der Waals surface area contributed by atoms with Crippen LogP contribution in [0.2, 0.25) is 5.02 Å². The van der Waals surface area contributed by atoms with Gasteiger partial charge in [0.25, 0.3) is 0 Å². The molecule has 1 N–H and O–H groups in total. The SMILES string of the molecule is CC1(C)CCCC1C(=O)c1c[nH]c2nccc(Cl)c12. The third-order valence-corrected chi connectivity index (χ3v) is 4.68. The van der Waals surface area contributed by atoms with E-state index in [1.54, 1.807) is 18.5 Å². The van der Waals surface area contributed by atoms with Gasteiger partial charge in [-0.15, -0.1) is 0 Å². The number of rotatable bonds is 2. The third-order valence-electron chi connectivity index (χ3n) is 4.36. The molecule has 100 valence electrons. The highest BCUT2D eigenvalue weighted by Gasteiger charge is 2.40. The molecule has 1 fully saturated rings. The van der Waals surface area contributed by atoms with Crippen LogP contribution in [0.25, 0.3) is 11.0 Å². The second kappa shape index (κ2) is 4.34. The summed E-state index contributed by atoms with van der Waals surface area (Å²) in [7, 11) is 0. The maximum Gasteiger partial charge on any atom is 0.168 e. The first-order chi connectivity index (χ1) is 9.00. The largest absolute Gasteiger partial charge is 0.345 e. The number of fused-ring (bicyclic) bond motifs is 1. The summed E-state index contributed by atoms with van der Waals surface area (Å²) in [5.74, 6) is 0.284. The Kier molecular flexibility index (Phi) is 2.90. The summed E-state index contributed by atoms with van der Waals surface area (Å²) in [6.45, 7) is 4.36. The zero-order chi connectivity index (χ0) is 13.6. The molecule has 0 radical (unpaired) electrons. The average molecular weight is 277 g/mol. The number of ketones is 1. The summed E-state index contributed by atoms with van der Waals surface area (Å²) < 4.78 is 0. The number of pyridine rings is 1. The molecule has 3 rings (SSSR count). The Balaban J connectivity index is 2.08. The van der Waals surface area contributed by atoms with Crippen molar-refractivity contribution in [3.63, 3.8) is 0 Å². The molecule has 1 atom stereocenters. The lowest BCUT2D eigenvalue weighted by Gasteiger charge is -2.25. The molecule has 0 aliphatic heterocycles. The molecule has 0 amide bonds. The zero-order valence-corrected chi connectivity index (χ0v) is 11.9. The Morgan fingerprint density at radius 1 is 1.53 bits per heavy atom. The number of carbonyl (C=O) groups excluding carboxylic acids is 1. The predicted octanol–water partition coefficient (Wildman–Crippen LogP) is 4.23. The average Bonchev–Trinajstić information content (AvgIpc) is 2.92. The fourth-order valence-corrected chi connectivity index (χ4v) is 3.46. The van der Waals surface area contributed by atoms with Crippen LogP contribution in [0, 0.1) is 11.3 Å². The summed E-state index contributed by atoms with van der Waals surface area (Å²) in [6, 6.07) is 1.73. The zero-order valence-electron chi connectivity index (χ0n) is 11.2. The van der Waals surface area contributed by atoms with Gasteiger partial charge in [0.05, 0.1) is 5.02 Å².